The van der Waals surface area contributed by atoms with Crippen molar-refractivity contribution in [3.05, 3.63) is 35.4 Å². The molecule has 15 heavy (non-hydrogen) atoms. The highest BCUT2D eigenvalue weighted by Gasteiger charge is 2.19. The molecule has 0 saturated heterocycles. The summed E-state index contributed by atoms with van der Waals surface area (Å²) >= 11 is 0. The number of hydrazine groups is 1. The van der Waals surface area contributed by atoms with Crippen LogP contribution >= 0.6 is 0 Å². The van der Waals surface area contributed by atoms with Gasteiger partial charge in [-0.15, -0.1) is 0 Å². The van der Waals surface area contributed by atoms with Crippen molar-refractivity contribution in [2.75, 3.05) is 0 Å². The van der Waals surface area contributed by atoms with Gasteiger partial charge in [-0.1, -0.05) is 51.0 Å². The first-order valence-corrected chi connectivity index (χ1v) is 5.76. The first-order valence-electron chi connectivity index (χ1n) is 5.76. The van der Waals surface area contributed by atoms with Crippen LogP contribution in [0, 0.1) is 12.8 Å². The maximum atomic E-state index is 5.68. The Morgan fingerprint density at radius 1 is 1.20 bits per heavy atom. The Morgan fingerprint density at radius 2 is 1.80 bits per heavy atom. The van der Waals surface area contributed by atoms with Gasteiger partial charge < -0.3 is 0 Å². The highest BCUT2D eigenvalue weighted by atomic mass is 15.2. The summed E-state index contributed by atoms with van der Waals surface area (Å²) in [6.45, 7) is 6.58. The lowest BCUT2D eigenvalue weighted by molar-refractivity contribution is 0.344. The van der Waals surface area contributed by atoms with Gasteiger partial charge in [0.1, 0.15) is 0 Å². The van der Waals surface area contributed by atoms with E-state index in [0.717, 1.165) is 12.8 Å². The van der Waals surface area contributed by atoms with Crippen molar-refractivity contribution < 1.29 is 0 Å². The molecule has 0 fully saturated rings. The molecule has 1 aromatic carbocycles. The quantitative estimate of drug-likeness (QED) is 0.574. The minimum atomic E-state index is 0.279. The maximum absolute atomic E-state index is 5.68. The molecule has 0 spiro atoms. The largest absolute Gasteiger partial charge is 0.271 e. The van der Waals surface area contributed by atoms with Gasteiger partial charge in [0.05, 0.1) is 0 Å². The van der Waals surface area contributed by atoms with Crippen LogP contribution in [0.5, 0.6) is 0 Å². The predicted octanol–water partition coefficient (Wildman–Crippen LogP) is 2.94. The minimum Gasteiger partial charge on any atom is -0.271 e. The molecule has 2 heteroatoms. The molecule has 1 atom stereocenters. The Hall–Kier alpha value is -0.860. The topological polar surface area (TPSA) is 38.0 Å². The number of nitrogens with one attached hydrogen (secondary N) is 1. The van der Waals surface area contributed by atoms with Gasteiger partial charge in [-0.3, -0.25) is 11.3 Å². The fourth-order valence-electron chi connectivity index (χ4n) is 2.18. The Labute approximate surface area is 92.8 Å². The van der Waals surface area contributed by atoms with Crippen LogP contribution in [0.4, 0.5) is 0 Å². The van der Waals surface area contributed by atoms with Crippen molar-refractivity contribution in [3.63, 3.8) is 0 Å². The van der Waals surface area contributed by atoms with E-state index in [-0.39, 0.29) is 6.04 Å². The molecule has 1 aromatic rings. The molecule has 1 unspecified atom stereocenters. The van der Waals surface area contributed by atoms with Crippen molar-refractivity contribution in [1.29, 1.82) is 0 Å². The number of nitrogens with two attached hydrogens (primary N) is 1. The fraction of sp³-hybridized carbons (Fsp3) is 0.538. The molecule has 2 nitrogen and oxygen atoms in total. The van der Waals surface area contributed by atoms with Crippen LogP contribution in [0.1, 0.15) is 43.9 Å². The number of rotatable bonds is 5. The number of benzene rings is 1. The summed E-state index contributed by atoms with van der Waals surface area (Å²) in [4.78, 5) is 0. The van der Waals surface area contributed by atoms with Crippen LogP contribution in [0.25, 0.3) is 0 Å². The van der Waals surface area contributed by atoms with Gasteiger partial charge in [-0.05, 0) is 24.0 Å². The lowest BCUT2D eigenvalue weighted by atomic mass is 9.87. The van der Waals surface area contributed by atoms with E-state index in [1.54, 1.807) is 0 Å². The summed E-state index contributed by atoms with van der Waals surface area (Å²) in [5.74, 6) is 6.28. The van der Waals surface area contributed by atoms with Crippen LogP contribution in [-0.2, 0) is 0 Å². The molecule has 0 saturated carbocycles. The third-order valence-electron chi connectivity index (χ3n) is 3.22. The fourth-order valence-corrected chi connectivity index (χ4v) is 2.18. The molecular weight excluding hydrogens is 184 g/mol. The zero-order chi connectivity index (χ0) is 11.3. The third-order valence-corrected chi connectivity index (χ3v) is 3.22. The number of hydrogen-bond donors (Lipinski definition) is 2. The molecule has 0 aliphatic carbocycles. The second-order valence-corrected chi connectivity index (χ2v) is 4.08. The Kier molecular flexibility index (Phi) is 4.79. The van der Waals surface area contributed by atoms with E-state index in [1.807, 2.05) is 0 Å². The molecule has 0 bridgehead atoms. The summed E-state index contributed by atoms with van der Waals surface area (Å²) in [6, 6.07) is 8.73. The summed E-state index contributed by atoms with van der Waals surface area (Å²) in [5, 5.41) is 0. The van der Waals surface area contributed by atoms with Gasteiger partial charge in [0, 0.05) is 6.04 Å². The highest BCUT2D eigenvalue weighted by molar-refractivity contribution is 5.29. The molecule has 0 amide bonds. The van der Waals surface area contributed by atoms with Crippen LogP contribution in [0.15, 0.2) is 24.3 Å². The van der Waals surface area contributed by atoms with Gasteiger partial charge in [0.15, 0.2) is 0 Å². The molecule has 84 valence electrons. The Bertz CT molecular complexity index is 292. The van der Waals surface area contributed by atoms with E-state index in [2.05, 4.69) is 50.5 Å². The van der Waals surface area contributed by atoms with Crippen molar-refractivity contribution in [2.24, 2.45) is 11.8 Å². The van der Waals surface area contributed by atoms with Crippen molar-refractivity contribution >= 4 is 0 Å². The van der Waals surface area contributed by atoms with Crippen molar-refractivity contribution in [2.45, 2.75) is 39.7 Å². The van der Waals surface area contributed by atoms with Gasteiger partial charge in [0.25, 0.3) is 0 Å². The minimum absolute atomic E-state index is 0.279. The summed E-state index contributed by atoms with van der Waals surface area (Å²) < 4.78 is 0. The van der Waals surface area contributed by atoms with E-state index in [1.165, 1.54) is 11.1 Å². The maximum Gasteiger partial charge on any atom is 0.0490 e. The smallest absolute Gasteiger partial charge is 0.0490 e. The van der Waals surface area contributed by atoms with Gasteiger partial charge in [-0.2, -0.15) is 0 Å². The van der Waals surface area contributed by atoms with E-state index < -0.39 is 0 Å². The standard InChI is InChI=1S/C13H22N2/c1-4-11(5-2)13(15-14)12-9-7-6-8-10(12)3/h6-9,11,13,15H,4-5,14H2,1-3H3. The van der Waals surface area contributed by atoms with E-state index in [0.29, 0.717) is 5.92 Å². The molecule has 3 N–H and O–H groups in total. The van der Waals surface area contributed by atoms with Crippen molar-refractivity contribution in [1.82, 2.24) is 5.43 Å². The second kappa shape index (κ2) is 5.89. The average molecular weight is 206 g/mol. The normalized spacial score (nSPS) is 13.1. The van der Waals surface area contributed by atoms with Gasteiger partial charge in [-0.25, -0.2) is 0 Å². The van der Waals surface area contributed by atoms with Crippen LogP contribution in [-0.4, -0.2) is 0 Å². The van der Waals surface area contributed by atoms with E-state index >= 15 is 0 Å². The highest BCUT2D eigenvalue weighted by Crippen LogP contribution is 2.28. The lowest BCUT2D eigenvalue weighted by Gasteiger charge is -2.26. The zero-order valence-corrected chi connectivity index (χ0v) is 9.96. The SMILES string of the molecule is CCC(CC)C(NN)c1ccccc1C. The van der Waals surface area contributed by atoms with Crippen LogP contribution in [0.2, 0.25) is 0 Å². The van der Waals surface area contributed by atoms with Gasteiger partial charge in [0.2, 0.25) is 0 Å². The molecule has 0 aromatic heterocycles. The molecule has 0 heterocycles. The van der Waals surface area contributed by atoms with Gasteiger partial charge >= 0.3 is 0 Å². The molecule has 0 radical (unpaired) electrons. The summed E-state index contributed by atoms with van der Waals surface area (Å²) in [6.07, 6.45) is 2.30. The summed E-state index contributed by atoms with van der Waals surface area (Å²) in [5.41, 5.74) is 5.60. The second-order valence-electron chi connectivity index (χ2n) is 4.08. The van der Waals surface area contributed by atoms with Crippen LogP contribution < -0.4 is 11.3 Å². The Morgan fingerprint density at radius 3 is 2.27 bits per heavy atom. The van der Waals surface area contributed by atoms with Crippen LogP contribution in [0.3, 0.4) is 0 Å². The molecule has 1 rings (SSSR count). The zero-order valence-electron chi connectivity index (χ0n) is 9.96. The third kappa shape index (κ3) is 2.80. The number of hydrogen-bond acceptors (Lipinski definition) is 2. The molecule has 0 aliphatic rings. The number of aryl methyl sites for hydroxylation is 1. The van der Waals surface area contributed by atoms with E-state index in [4.69, 9.17) is 5.84 Å². The first kappa shape index (κ1) is 12.2. The Balaban J connectivity index is 2.96. The van der Waals surface area contributed by atoms with Crippen molar-refractivity contribution in [3.8, 4) is 0 Å². The van der Waals surface area contributed by atoms with E-state index in [9.17, 15) is 0 Å². The molecule has 0 aliphatic heterocycles. The summed E-state index contributed by atoms with van der Waals surface area (Å²) in [7, 11) is 0. The lowest BCUT2D eigenvalue weighted by Crippen LogP contribution is -2.33. The first-order chi connectivity index (χ1) is 7.24. The monoisotopic (exact) mass is 206 g/mol. The average Bonchev–Trinajstić information content (AvgIpc) is 2.27. The predicted molar refractivity (Wildman–Crippen MR) is 65.3 cm³/mol. The molecular formula is C13H22N2.